The van der Waals surface area contributed by atoms with Crippen LogP contribution in [0.15, 0.2) is 52.9 Å². The Morgan fingerprint density at radius 2 is 1.68 bits per heavy atom. The fourth-order valence-corrected chi connectivity index (χ4v) is 2.42. The topological polar surface area (TPSA) is 113 Å². The van der Waals surface area contributed by atoms with E-state index in [1.54, 1.807) is 0 Å². The molecule has 0 aliphatic heterocycles. The summed E-state index contributed by atoms with van der Waals surface area (Å²) in [6.45, 7) is 0. The molecule has 0 saturated heterocycles. The van der Waals surface area contributed by atoms with Crippen molar-refractivity contribution in [2.45, 2.75) is 12.5 Å². The van der Waals surface area contributed by atoms with Gasteiger partial charge >= 0.3 is 16.5 Å². The molecule has 0 spiro atoms. The number of carboxylic acid groups (broad SMARTS) is 1. The van der Waals surface area contributed by atoms with E-state index in [-0.39, 0.29) is 17.7 Å². The summed E-state index contributed by atoms with van der Waals surface area (Å²) in [7, 11) is -2.60. The number of amides is 1. The Balaban J connectivity index is 2.20. The summed E-state index contributed by atoms with van der Waals surface area (Å²) >= 11 is 0. The highest BCUT2D eigenvalue weighted by Crippen LogP contribution is 2.19. The van der Waals surface area contributed by atoms with Gasteiger partial charge in [-0.1, -0.05) is 12.1 Å². The Hall–Kier alpha value is -3.07. The van der Waals surface area contributed by atoms with Crippen LogP contribution in [0.1, 0.15) is 28.4 Å². The smallest absolute Gasteiger partial charge is 0.316 e. The van der Waals surface area contributed by atoms with Crippen LogP contribution in [-0.4, -0.2) is 25.4 Å². The number of hydrogen-bond donors (Lipinski definition) is 2. The fraction of sp³-hybridized carbons (Fsp3) is 0.125. The van der Waals surface area contributed by atoms with Gasteiger partial charge in [0, 0.05) is 5.56 Å². The molecule has 2 rings (SSSR count). The summed E-state index contributed by atoms with van der Waals surface area (Å²) in [6.07, 6.45) is -0.375. The molecule has 0 heterocycles. The van der Waals surface area contributed by atoms with Gasteiger partial charge in [-0.2, -0.15) is 8.42 Å². The first-order chi connectivity index (χ1) is 11.8. The van der Waals surface area contributed by atoms with Crippen molar-refractivity contribution in [1.82, 2.24) is 5.32 Å². The molecule has 1 unspecified atom stereocenters. The zero-order valence-corrected chi connectivity index (χ0v) is 13.5. The van der Waals surface area contributed by atoms with Crippen LogP contribution in [0.4, 0.5) is 10.1 Å². The van der Waals surface area contributed by atoms with Crippen molar-refractivity contribution >= 4 is 28.1 Å². The van der Waals surface area contributed by atoms with Crippen molar-refractivity contribution in [1.29, 1.82) is 0 Å². The van der Waals surface area contributed by atoms with Crippen LogP contribution in [0.2, 0.25) is 0 Å². The van der Waals surface area contributed by atoms with E-state index in [0.717, 1.165) is 0 Å². The van der Waals surface area contributed by atoms with Gasteiger partial charge in [-0.25, -0.2) is 4.39 Å². The van der Waals surface area contributed by atoms with E-state index in [9.17, 15) is 22.4 Å². The van der Waals surface area contributed by atoms with Gasteiger partial charge in [-0.3, -0.25) is 9.59 Å². The molecule has 7 nitrogen and oxygen atoms in total. The quantitative estimate of drug-likeness (QED) is 0.817. The number of nitrogens with one attached hydrogen (secondary N) is 1. The average Bonchev–Trinajstić information content (AvgIpc) is 2.54. The first-order valence-electron chi connectivity index (χ1n) is 7.04. The number of halogens is 1. The van der Waals surface area contributed by atoms with Crippen LogP contribution in [0.25, 0.3) is 0 Å². The number of aliphatic carboxylic acids is 1. The molecular weight excluding hydrogens is 351 g/mol. The zero-order valence-electron chi connectivity index (χ0n) is 12.7. The SMILES string of the molecule is O=C(O)CC(NC(=O)c1ccc(N=S(=O)=O)cc1)c1ccc(F)cc1. The highest BCUT2D eigenvalue weighted by atomic mass is 32.2. The molecule has 25 heavy (non-hydrogen) atoms. The number of rotatable bonds is 6. The number of benzene rings is 2. The Kier molecular flexibility index (Phi) is 5.96. The predicted molar refractivity (Wildman–Crippen MR) is 86.3 cm³/mol. The molecule has 1 amide bonds. The molecular formula is C16H13FN2O5S. The molecule has 2 aromatic carbocycles. The second-order valence-electron chi connectivity index (χ2n) is 5.03. The molecule has 2 aromatic rings. The lowest BCUT2D eigenvalue weighted by Gasteiger charge is -2.17. The van der Waals surface area contributed by atoms with Crippen LogP contribution < -0.4 is 5.32 Å². The third-order valence-corrected chi connectivity index (χ3v) is 3.63. The number of carbonyl (C=O) groups excluding carboxylic acids is 1. The first-order valence-corrected chi connectivity index (χ1v) is 8.07. The van der Waals surface area contributed by atoms with Crippen molar-refractivity contribution in [3.63, 3.8) is 0 Å². The highest BCUT2D eigenvalue weighted by Gasteiger charge is 2.19. The fourth-order valence-electron chi connectivity index (χ4n) is 2.12. The summed E-state index contributed by atoms with van der Waals surface area (Å²) < 4.78 is 37.3. The Morgan fingerprint density at radius 1 is 1.08 bits per heavy atom. The molecule has 1 atom stereocenters. The number of carboxylic acids is 1. The Morgan fingerprint density at radius 3 is 2.20 bits per heavy atom. The predicted octanol–water partition coefficient (Wildman–Crippen LogP) is 2.47. The Labute approximate surface area is 143 Å². The van der Waals surface area contributed by atoms with Crippen molar-refractivity contribution in [2.75, 3.05) is 0 Å². The van der Waals surface area contributed by atoms with Gasteiger partial charge in [0.15, 0.2) is 0 Å². The van der Waals surface area contributed by atoms with E-state index in [2.05, 4.69) is 9.68 Å². The maximum absolute atomic E-state index is 13.0. The summed E-state index contributed by atoms with van der Waals surface area (Å²) in [4.78, 5) is 23.3. The van der Waals surface area contributed by atoms with Gasteiger partial charge in [0.05, 0.1) is 18.2 Å². The molecule has 0 radical (unpaired) electrons. The van der Waals surface area contributed by atoms with Crippen LogP contribution in [0, 0.1) is 5.82 Å². The van der Waals surface area contributed by atoms with E-state index in [1.807, 2.05) is 0 Å². The summed E-state index contributed by atoms with van der Waals surface area (Å²) in [6, 6.07) is 9.72. The largest absolute Gasteiger partial charge is 0.481 e. The van der Waals surface area contributed by atoms with E-state index in [4.69, 9.17) is 5.11 Å². The van der Waals surface area contributed by atoms with Crippen LogP contribution >= 0.6 is 0 Å². The van der Waals surface area contributed by atoms with Gasteiger partial charge in [0.25, 0.3) is 5.91 Å². The average molecular weight is 364 g/mol. The maximum atomic E-state index is 13.0. The van der Waals surface area contributed by atoms with E-state index in [0.29, 0.717) is 5.56 Å². The van der Waals surface area contributed by atoms with Gasteiger partial charge in [0.2, 0.25) is 0 Å². The van der Waals surface area contributed by atoms with Crippen molar-refractivity contribution in [3.8, 4) is 0 Å². The van der Waals surface area contributed by atoms with Crippen LogP contribution in [0.3, 0.4) is 0 Å². The lowest BCUT2D eigenvalue weighted by Crippen LogP contribution is -2.30. The van der Waals surface area contributed by atoms with E-state index in [1.165, 1.54) is 48.5 Å². The van der Waals surface area contributed by atoms with Crippen molar-refractivity contribution < 1.29 is 27.5 Å². The zero-order chi connectivity index (χ0) is 18.4. The van der Waals surface area contributed by atoms with Crippen molar-refractivity contribution in [3.05, 3.63) is 65.5 Å². The second-order valence-corrected chi connectivity index (χ2v) is 5.65. The van der Waals surface area contributed by atoms with Crippen molar-refractivity contribution in [2.24, 2.45) is 4.36 Å². The standard InChI is InChI=1S/C16H13FN2O5S/c17-12-5-1-10(2-6-12)14(9-15(20)21)18-16(22)11-3-7-13(8-4-11)19-25(23)24/h1-8,14H,9H2,(H,18,22)(H,20,21). The third-order valence-electron chi connectivity index (χ3n) is 3.27. The maximum Gasteiger partial charge on any atom is 0.316 e. The molecule has 0 saturated carbocycles. The number of hydrogen-bond acceptors (Lipinski definition) is 5. The molecule has 0 aliphatic rings. The van der Waals surface area contributed by atoms with Gasteiger partial charge in [-0.05, 0) is 42.0 Å². The number of carbonyl (C=O) groups is 2. The number of nitrogens with zero attached hydrogens (tertiary/aromatic N) is 1. The second kappa shape index (κ2) is 8.15. The highest BCUT2D eigenvalue weighted by molar-refractivity contribution is 7.61. The minimum atomic E-state index is -2.60. The summed E-state index contributed by atoms with van der Waals surface area (Å²) in [5.41, 5.74) is 0.809. The molecule has 0 fully saturated rings. The van der Waals surface area contributed by atoms with Gasteiger partial charge < -0.3 is 10.4 Å². The lowest BCUT2D eigenvalue weighted by atomic mass is 10.0. The Bertz CT molecular complexity index is 901. The lowest BCUT2D eigenvalue weighted by molar-refractivity contribution is -0.137. The third kappa shape index (κ3) is 5.50. The minimum absolute atomic E-state index is 0.158. The molecule has 9 heteroatoms. The summed E-state index contributed by atoms with van der Waals surface area (Å²) in [5.74, 6) is -2.15. The van der Waals surface area contributed by atoms with E-state index >= 15 is 0 Å². The normalized spacial score (nSPS) is 11.4. The van der Waals surface area contributed by atoms with Gasteiger partial charge in [0.1, 0.15) is 5.82 Å². The molecule has 130 valence electrons. The van der Waals surface area contributed by atoms with Crippen LogP contribution in [-0.2, 0) is 15.3 Å². The molecule has 0 bridgehead atoms. The van der Waals surface area contributed by atoms with E-state index < -0.39 is 34.2 Å². The molecule has 0 aliphatic carbocycles. The monoisotopic (exact) mass is 364 g/mol. The molecule has 2 N–H and O–H groups in total. The first kappa shape index (κ1) is 18.3. The minimum Gasteiger partial charge on any atom is -0.481 e. The van der Waals surface area contributed by atoms with Gasteiger partial charge in [-0.15, -0.1) is 4.36 Å². The summed E-state index contributed by atoms with van der Waals surface area (Å²) in [5, 5.41) is 11.6. The van der Waals surface area contributed by atoms with Crippen LogP contribution in [0.5, 0.6) is 0 Å². The molecule has 0 aromatic heterocycles.